The smallest absolute Gasteiger partial charge is 0.349 e. The minimum absolute atomic E-state index is 0.0812. The summed E-state index contributed by atoms with van der Waals surface area (Å²) in [6, 6.07) is 15.4. The molecule has 0 aliphatic carbocycles. The van der Waals surface area contributed by atoms with E-state index in [-0.39, 0.29) is 11.4 Å². The quantitative estimate of drug-likeness (QED) is 0.328. The molecule has 2 aromatic carbocycles. The fraction of sp³-hybridized carbons (Fsp3) is 0.217. The number of ketones is 1. The van der Waals surface area contributed by atoms with Crippen molar-refractivity contribution in [1.82, 2.24) is 0 Å². The Morgan fingerprint density at radius 3 is 2.17 bits per heavy atom. The normalized spacial score (nSPS) is 11.8. The van der Waals surface area contributed by atoms with Crippen LogP contribution in [-0.2, 0) is 14.3 Å². The predicted octanol–water partition coefficient (Wildman–Crippen LogP) is 3.43. The lowest BCUT2D eigenvalue weighted by atomic mass is 10.1. The Labute approximate surface area is 175 Å². The van der Waals surface area contributed by atoms with Gasteiger partial charge in [0.15, 0.2) is 11.9 Å². The maximum Gasteiger partial charge on any atom is 0.349 e. The number of amides is 1. The number of esters is 1. The lowest BCUT2D eigenvalue weighted by Crippen LogP contribution is -2.30. The second kappa shape index (κ2) is 10.0. The summed E-state index contributed by atoms with van der Waals surface area (Å²) in [5.41, 5.74) is 2.42. The van der Waals surface area contributed by atoms with E-state index in [0.29, 0.717) is 16.8 Å². The number of carbonyl (C=O) groups is 3. The zero-order valence-electron chi connectivity index (χ0n) is 17.3. The molecule has 154 valence electrons. The van der Waals surface area contributed by atoms with E-state index in [9.17, 15) is 19.6 Å². The van der Waals surface area contributed by atoms with Crippen LogP contribution >= 0.6 is 0 Å². The van der Waals surface area contributed by atoms with Crippen molar-refractivity contribution >= 4 is 35.1 Å². The highest BCUT2D eigenvalue weighted by Crippen LogP contribution is 2.16. The van der Waals surface area contributed by atoms with Crippen LogP contribution in [0.2, 0.25) is 0 Å². The van der Waals surface area contributed by atoms with E-state index < -0.39 is 18.0 Å². The molecule has 2 aromatic rings. The minimum Gasteiger partial charge on any atom is -0.448 e. The first kappa shape index (κ1) is 22.4. The lowest BCUT2D eigenvalue weighted by molar-refractivity contribution is -0.148. The van der Waals surface area contributed by atoms with Gasteiger partial charge in [-0.25, -0.2) is 4.79 Å². The monoisotopic (exact) mass is 405 g/mol. The molecule has 7 nitrogen and oxygen atoms in total. The molecule has 0 unspecified atom stereocenters. The molecular weight excluding hydrogens is 382 g/mol. The third kappa shape index (κ3) is 6.04. The van der Waals surface area contributed by atoms with Crippen LogP contribution < -0.4 is 10.2 Å². The molecule has 0 aromatic heterocycles. The molecule has 0 bridgehead atoms. The molecular formula is C23H23N3O4. The Hall–Kier alpha value is -3.92. The molecule has 0 spiro atoms. The van der Waals surface area contributed by atoms with Crippen molar-refractivity contribution in [3.63, 3.8) is 0 Å². The molecule has 0 aliphatic rings. The second-order valence-corrected chi connectivity index (χ2v) is 6.83. The number of Topliss-reactive ketones (excluding diaryl/α,β-unsaturated/α-hetero) is 1. The third-order valence-corrected chi connectivity index (χ3v) is 4.27. The first-order valence-electron chi connectivity index (χ1n) is 9.23. The largest absolute Gasteiger partial charge is 0.448 e. The van der Waals surface area contributed by atoms with Crippen LogP contribution in [0.25, 0.3) is 6.08 Å². The van der Waals surface area contributed by atoms with Crippen LogP contribution in [0.3, 0.4) is 0 Å². The van der Waals surface area contributed by atoms with Crippen LogP contribution in [0.5, 0.6) is 0 Å². The number of anilines is 2. The van der Waals surface area contributed by atoms with Gasteiger partial charge < -0.3 is 15.0 Å². The number of nitrogens with zero attached hydrogens (tertiary/aromatic N) is 2. The SMILES string of the molecule is CC(=O)c1ccc(NC(=O)[C@H](C)OC(=O)/C(C#N)=C/c2ccc(N(C)C)cc2)cc1. The van der Waals surface area contributed by atoms with Gasteiger partial charge in [0, 0.05) is 31.0 Å². The Morgan fingerprint density at radius 2 is 1.67 bits per heavy atom. The molecule has 0 heterocycles. The molecule has 0 saturated heterocycles. The zero-order chi connectivity index (χ0) is 22.3. The number of nitriles is 1. The first-order valence-corrected chi connectivity index (χ1v) is 9.23. The van der Waals surface area contributed by atoms with E-state index in [4.69, 9.17) is 4.74 Å². The maximum absolute atomic E-state index is 12.3. The third-order valence-electron chi connectivity index (χ3n) is 4.27. The van der Waals surface area contributed by atoms with Crippen LogP contribution in [0.4, 0.5) is 11.4 Å². The molecule has 7 heteroatoms. The van der Waals surface area contributed by atoms with E-state index in [1.54, 1.807) is 36.4 Å². The molecule has 0 radical (unpaired) electrons. The second-order valence-electron chi connectivity index (χ2n) is 6.83. The Bertz CT molecular complexity index is 1000. The summed E-state index contributed by atoms with van der Waals surface area (Å²) in [4.78, 5) is 37.8. The van der Waals surface area contributed by atoms with E-state index >= 15 is 0 Å². The topological polar surface area (TPSA) is 99.5 Å². The summed E-state index contributed by atoms with van der Waals surface area (Å²) >= 11 is 0. The number of rotatable bonds is 7. The molecule has 1 amide bonds. The average molecular weight is 405 g/mol. The average Bonchev–Trinajstić information content (AvgIpc) is 2.72. The summed E-state index contributed by atoms with van der Waals surface area (Å²) in [6.07, 6.45) is 0.297. The zero-order valence-corrected chi connectivity index (χ0v) is 17.3. The highest BCUT2D eigenvalue weighted by atomic mass is 16.5. The van der Waals surface area contributed by atoms with Gasteiger partial charge >= 0.3 is 5.97 Å². The molecule has 0 fully saturated rings. The van der Waals surface area contributed by atoms with Crippen molar-refractivity contribution in [2.24, 2.45) is 0 Å². The van der Waals surface area contributed by atoms with Gasteiger partial charge in [0.25, 0.3) is 5.91 Å². The summed E-state index contributed by atoms with van der Waals surface area (Å²) in [5, 5.41) is 11.9. The summed E-state index contributed by atoms with van der Waals surface area (Å²) in [7, 11) is 3.82. The highest BCUT2D eigenvalue weighted by Gasteiger charge is 2.20. The fourth-order valence-corrected chi connectivity index (χ4v) is 2.48. The summed E-state index contributed by atoms with van der Waals surface area (Å²) < 4.78 is 5.13. The maximum atomic E-state index is 12.3. The van der Waals surface area contributed by atoms with Crippen LogP contribution in [0.15, 0.2) is 54.1 Å². The van der Waals surface area contributed by atoms with Crippen molar-refractivity contribution in [2.45, 2.75) is 20.0 Å². The standard InChI is InChI=1S/C23H23N3O4/c1-15(27)18-7-9-20(10-8-18)25-22(28)16(2)30-23(29)19(14-24)13-17-5-11-21(12-6-17)26(3)4/h5-13,16H,1-4H3,(H,25,28)/b19-13+/t16-/m0/s1. The van der Waals surface area contributed by atoms with Crippen LogP contribution in [0.1, 0.15) is 29.8 Å². The van der Waals surface area contributed by atoms with Gasteiger partial charge in [0.05, 0.1) is 0 Å². The number of hydrogen-bond acceptors (Lipinski definition) is 6. The Kier molecular flexibility index (Phi) is 7.48. The molecule has 1 N–H and O–H groups in total. The van der Waals surface area contributed by atoms with Crippen LogP contribution in [-0.4, -0.2) is 37.9 Å². The molecule has 30 heavy (non-hydrogen) atoms. The van der Waals surface area contributed by atoms with Gasteiger partial charge in [-0.3, -0.25) is 9.59 Å². The van der Waals surface area contributed by atoms with Crippen molar-refractivity contribution in [2.75, 3.05) is 24.3 Å². The number of ether oxygens (including phenoxy) is 1. The summed E-state index contributed by atoms with van der Waals surface area (Å²) in [6.45, 7) is 2.87. The minimum atomic E-state index is -1.11. The van der Waals surface area contributed by atoms with Crippen molar-refractivity contribution in [3.05, 3.63) is 65.2 Å². The number of nitrogens with one attached hydrogen (secondary N) is 1. The van der Waals surface area contributed by atoms with Gasteiger partial charge in [0.2, 0.25) is 0 Å². The summed E-state index contributed by atoms with van der Waals surface area (Å²) in [5.74, 6) is -1.52. The van der Waals surface area contributed by atoms with E-state index in [0.717, 1.165) is 5.69 Å². The lowest BCUT2D eigenvalue weighted by Gasteiger charge is -2.14. The Morgan fingerprint density at radius 1 is 1.07 bits per heavy atom. The van der Waals surface area contributed by atoms with Gasteiger partial charge in [0.1, 0.15) is 11.6 Å². The van der Waals surface area contributed by atoms with Gasteiger partial charge in [-0.1, -0.05) is 12.1 Å². The van der Waals surface area contributed by atoms with Gasteiger partial charge in [-0.2, -0.15) is 5.26 Å². The Balaban J connectivity index is 2.02. The van der Waals surface area contributed by atoms with E-state index in [1.165, 1.54) is 19.9 Å². The van der Waals surface area contributed by atoms with Crippen LogP contribution in [0, 0.1) is 11.3 Å². The predicted molar refractivity (Wildman–Crippen MR) is 115 cm³/mol. The van der Waals surface area contributed by atoms with E-state index in [2.05, 4.69) is 5.32 Å². The van der Waals surface area contributed by atoms with Gasteiger partial charge in [-0.15, -0.1) is 0 Å². The highest BCUT2D eigenvalue weighted by molar-refractivity contribution is 6.01. The van der Waals surface area contributed by atoms with Gasteiger partial charge in [-0.05, 0) is 61.9 Å². The number of carbonyl (C=O) groups excluding carboxylic acids is 3. The van der Waals surface area contributed by atoms with Crippen molar-refractivity contribution in [3.8, 4) is 6.07 Å². The first-order chi connectivity index (χ1) is 14.2. The number of benzene rings is 2. The molecule has 0 aliphatic heterocycles. The van der Waals surface area contributed by atoms with E-state index in [1.807, 2.05) is 37.2 Å². The molecule has 1 atom stereocenters. The molecule has 2 rings (SSSR count). The fourth-order valence-electron chi connectivity index (χ4n) is 2.48. The number of hydrogen-bond donors (Lipinski definition) is 1. The van der Waals surface area contributed by atoms with Crippen molar-refractivity contribution in [1.29, 1.82) is 5.26 Å². The van der Waals surface area contributed by atoms with Crippen molar-refractivity contribution < 1.29 is 19.1 Å². The molecule has 0 saturated carbocycles.